The monoisotopic (exact) mass is 351 g/mol. The van der Waals surface area contributed by atoms with Crippen molar-refractivity contribution >= 4 is 17.7 Å². The largest absolute Gasteiger partial charge is 0.352 e. The minimum atomic E-state index is -0.0462. The van der Waals surface area contributed by atoms with Gasteiger partial charge >= 0.3 is 0 Å². The van der Waals surface area contributed by atoms with Crippen LogP contribution in [-0.4, -0.2) is 22.6 Å². The Morgan fingerprint density at radius 1 is 1.04 bits per heavy atom. The molecule has 2 aromatic carbocycles. The lowest BCUT2D eigenvalue weighted by Gasteiger charge is -2.07. The quantitative estimate of drug-likeness (QED) is 0.701. The Hall–Kier alpha value is -2.53. The first-order chi connectivity index (χ1) is 12.1. The summed E-state index contributed by atoms with van der Waals surface area (Å²) < 4.78 is 0. The van der Waals surface area contributed by atoms with E-state index < -0.39 is 0 Å². The van der Waals surface area contributed by atoms with E-state index in [9.17, 15) is 4.79 Å². The van der Waals surface area contributed by atoms with Crippen LogP contribution in [0.3, 0.4) is 0 Å². The third-order valence-electron chi connectivity index (χ3n) is 4.04. The van der Waals surface area contributed by atoms with Crippen LogP contribution in [0.15, 0.2) is 64.4 Å². The number of nitrogens with one attached hydrogen (secondary N) is 2. The van der Waals surface area contributed by atoms with Gasteiger partial charge in [0, 0.05) is 27.6 Å². The van der Waals surface area contributed by atoms with Crippen molar-refractivity contribution in [2.24, 2.45) is 0 Å². The lowest BCUT2D eigenvalue weighted by molar-refractivity contribution is 0.0954. The molecule has 0 aliphatic heterocycles. The first-order valence-corrected chi connectivity index (χ1v) is 9.07. The molecule has 0 bridgehead atoms. The normalized spacial score (nSPS) is 10.6. The van der Waals surface area contributed by atoms with E-state index in [1.54, 1.807) is 11.8 Å². The Balaban J connectivity index is 1.54. The van der Waals surface area contributed by atoms with Crippen molar-refractivity contribution in [1.29, 1.82) is 0 Å². The number of aromatic nitrogens is 2. The molecular formula is C20H21N3OS. The zero-order valence-corrected chi connectivity index (χ0v) is 15.2. The Bertz CT molecular complexity index is 822. The predicted molar refractivity (Wildman–Crippen MR) is 101 cm³/mol. The van der Waals surface area contributed by atoms with E-state index in [4.69, 9.17) is 0 Å². The molecule has 0 unspecified atom stereocenters. The average Bonchev–Trinajstić information content (AvgIpc) is 2.95. The molecule has 2 N–H and O–H groups in total. The van der Waals surface area contributed by atoms with E-state index in [2.05, 4.69) is 27.6 Å². The number of nitrogens with zero attached hydrogens (tertiary/aromatic N) is 1. The zero-order chi connectivity index (χ0) is 17.6. The molecule has 0 fully saturated rings. The average molecular weight is 351 g/mol. The summed E-state index contributed by atoms with van der Waals surface area (Å²) in [5.74, 6) is -0.0462. The molecule has 1 aromatic heterocycles. The molecule has 0 saturated carbocycles. The molecule has 128 valence electrons. The van der Waals surface area contributed by atoms with Gasteiger partial charge in [-0.15, -0.1) is 0 Å². The number of rotatable bonds is 6. The Labute approximate surface area is 152 Å². The van der Waals surface area contributed by atoms with Crippen LogP contribution in [0.1, 0.15) is 27.3 Å². The number of aryl methyl sites for hydroxylation is 2. The summed E-state index contributed by atoms with van der Waals surface area (Å²) in [6.07, 6.45) is 0.780. The van der Waals surface area contributed by atoms with Gasteiger partial charge in [0.2, 0.25) is 0 Å². The summed E-state index contributed by atoms with van der Waals surface area (Å²) in [6.45, 7) is 4.57. The third kappa shape index (κ3) is 4.51. The molecule has 1 heterocycles. The number of carbonyl (C=O) groups is 1. The van der Waals surface area contributed by atoms with Gasteiger partial charge in [-0.25, -0.2) is 0 Å². The van der Waals surface area contributed by atoms with Crippen molar-refractivity contribution in [3.05, 3.63) is 77.1 Å². The van der Waals surface area contributed by atoms with Crippen molar-refractivity contribution in [2.45, 2.75) is 30.1 Å². The summed E-state index contributed by atoms with van der Waals surface area (Å²) in [5, 5.41) is 10.1. The molecule has 3 rings (SSSR count). The molecule has 0 atom stereocenters. The highest BCUT2D eigenvalue weighted by Crippen LogP contribution is 2.27. The molecule has 0 saturated heterocycles. The standard InChI is InChI=1S/C20H21N3OS/c1-14-19(15(2)23-22-14)12-13-21-20(24)16-8-10-18(11-9-16)25-17-6-4-3-5-7-17/h3-11H,12-13H2,1-2H3,(H,21,24)(H,22,23). The predicted octanol–water partition coefficient (Wildman–Crippen LogP) is 4.15. The van der Waals surface area contributed by atoms with Crippen LogP contribution in [0.5, 0.6) is 0 Å². The van der Waals surface area contributed by atoms with Gasteiger partial charge in [-0.05, 0) is 62.2 Å². The molecule has 25 heavy (non-hydrogen) atoms. The van der Waals surface area contributed by atoms with Gasteiger partial charge < -0.3 is 5.32 Å². The molecule has 0 spiro atoms. The van der Waals surface area contributed by atoms with Crippen molar-refractivity contribution in [3.8, 4) is 0 Å². The fourth-order valence-corrected chi connectivity index (χ4v) is 3.48. The fourth-order valence-electron chi connectivity index (χ4n) is 2.64. The van der Waals surface area contributed by atoms with Crippen LogP contribution in [0.25, 0.3) is 0 Å². The molecule has 5 heteroatoms. The topological polar surface area (TPSA) is 57.8 Å². The summed E-state index contributed by atoms with van der Waals surface area (Å²) in [6, 6.07) is 17.9. The molecule has 0 aliphatic carbocycles. The first kappa shape index (κ1) is 17.3. The summed E-state index contributed by atoms with van der Waals surface area (Å²) in [7, 11) is 0. The van der Waals surface area contributed by atoms with Crippen LogP contribution in [0.4, 0.5) is 0 Å². The third-order valence-corrected chi connectivity index (χ3v) is 5.05. The molecule has 0 aliphatic rings. The van der Waals surface area contributed by atoms with E-state index in [-0.39, 0.29) is 5.91 Å². The number of benzene rings is 2. The fraction of sp³-hybridized carbons (Fsp3) is 0.200. The molecule has 0 radical (unpaired) electrons. The van der Waals surface area contributed by atoms with Gasteiger partial charge in [-0.2, -0.15) is 5.10 Å². The lowest BCUT2D eigenvalue weighted by atomic mass is 10.1. The van der Waals surface area contributed by atoms with Gasteiger partial charge in [0.25, 0.3) is 5.91 Å². The van der Waals surface area contributed by atoms with Crippen LogP contribution < -0.4 is 5.32 Å². The number of carbonyl (C=O) groups excluding carboxylic acids is 1. The highest BCUT2D eigenvalue weighted by Gasteiger charge is 2.08. The lowest BCUT2D eigenvalue weighted by Crippen LogP contribution is -2.25. The number of amides is 1. The minimum absolute atomic E-state index is 0.0462. The van der Waals surface area contributed by atoms with E-state index in [1.807, 2.05) is 56.3 Å². The second kappa shape index (κ2) is 8.03. The van der Waals surface area contributed by atoms with Gasteiger partial charge in [0.1, 0.15) is 0 Å². The van der Waals surface area contributed by atoms with Gasteiger partial charge in [-0.3, -0.25) is 9.89 Å². The van der Waals surface area contributed by atoms with Crippen molar-refractivity contribution < 1.29 is 4.79 Å². The maximum atomic E-state index is 12.3. The Morgan fingerprint density at radius 2 is 1.72 bits per heavy atom. The van der Waals surface area contributed by atoms with Crippen molar-refractivity contribution in [1.82, 2.24) is 15.5 Å². The van der Waals surface area contributed by atoms with Crippen LogP contribution in [0, 0.1) is 13.8 Å². The Kier molecular flexibility index (Phi) is 5.56. The molecule has 3 aromatic rings. The van der Waals surface area contributed by atoms with Crippen LogP contribution in [-0.2, 0) is 6.42 Å². The highest BCUT2D eigenvalue weighted by atomic mass is 32.2. The van der Waals surface area contributed by atoms with E-state index in [0.717, 1.165) is 22.7 Å². The smallest absolute Gasteiger partial charge is 0.251 e. The van der Waals surface area contributed by atoms with Crippen molar-refractivity contribution in [2.75, 3.05) is 6.54 Å². The highest BCUT2D eigenvalue weighted by molar-refractivity contribution is 7.99. The van der Waals surface area contributed by atoms with E-state index >= 15 is 0 Å². The van der Waals surface area contributed by atoms with Crippen molar-refractivity contribution in [3.63, 3.8) is 0 Å². The molecular weight excluding hydrogens is 330 g/mol. The molecule has 4 nitrogen and oxygen atoms in total. The molecule has 1 amide bonds. The second-order valence-electron chi connectivity index (χ2n) is 5.86. The minimum Gasteiger partial charge on any atom is -0.352 e. The zero-order valence-electron chi connectivity index (χ0n) is 14.4. The van der Waals surface area contributed by atoms with E-state index in [1.165, 1.54) is 10.5 Å². The van der Waals surface area contributed by atoms with Gasteiger partial charge in [0.05, 0.1) is 5.69 Å². The number of aromatic amines is 1. The summed E-state index contributed by atoms with van der Waals surface area (Å²) >= 11 is 1.69. The second-order valence-corrected chi connectivity index (χ2v) is 7.00. The van der Waals surface area contributed by atoms with E-state index in [0.29, 0.717) is 12.1 Å². The summed E-state index contributed by atoms with van der Waals surface area (Å²) in [5.41, 5.74) is 3.91. The summed E-state index contributed by atoms with van der Waals surface area (Å²) in [4.78, 5) is 14.6. The first-order valence-electron chi connectivity index (χ1n) is 8.25. The number of hydrogen-bond donors (Lipinski definition) is 2. The maximum absolute atomic E-state index is 12.3. The SMILES string of the molecule is Cc1n[nH]c(C)c1CCNC(=O)c1ccc(Sc2ccccc2)cc1. The Morgan fingerprint density at radius 3 is 2.36 bits per heavy atom. The number of hydrogen-bond acceptors (Lipinski definition) is 3. The van der Waals surface area contributed by atoms with Crippen LogP contribution >= 0.6 is 11.8 Å². The number of H-pyrrole nitrogens is 1. The van der Waals surface area contributed by atoms with Gasteiger partial charge in [0.15, 0.2) is 0 Å². The van der Waals surface area contributed by atoms with Gasteiger partial charge in [-0.1, -0.05) is 30.0 Å². The maximum Gasteiger partial charge on any atom is 0.251 e. The van der Waals surface area contributed by atoms with Crippen LogP contribution in [0.2, 0.25) is 0 Å².